The summed E-state index contributed by atoms with van der Waals surface area (Å²) in [6.45, 7) is 0.157. The predicted molar refractivity (Wildman–Crippen MR) is 122 cm³/mol. The first-order valence-electron chi connectivity index (χ1n) is 11.3. The van der Waals surface area contributed by atoms with E-state index in [-0.39, 0.29) is 48.2 Å². The summed E-state index contributed by atoms with van der Waals surface area (Å²) in [5, 5.41) is 2.61. The Morgan fingerprint density at radius 1 is 1.14 bits per heavy atom. The molecule has 2 amide bonds. The van der Waals surface area contributed by atoms with Crippen LogP contribution in [0.5, 0.6) is 5.75 Å². The molecule has 0 radical (unpaired) electrons. The molecule has 192 valence electrons. The minimum atomic E-state index is -4.50. The molecule has 1 saturated heterocycles. The largest absolute Gasteiger partial charge is 0.490 e. The zero-order valence-electron chi connectivity index (χ0n) is 19.6. The van der Waals surface area contributed by atoms with E-state index >= 15 is 0 Å². The number of hydrogen-bond donors (Lipinski definition) is 1. The van der Waals surface area contributed by atoms with Gasteiger partial charge < -0.3 is 24.4 Å². The van der Waals surface area contributed by atoms with Crippen molar-refractivity contribution in [2.24, 2.45) is 0 Å². The van der Waals surface area contributed by atoms with Gasteiger partial charge in [0.1, 0.15) is 18.5 Å². The van der Waals surface area contributed by atoms with Crippen LogP contribution in [0.3, 0.4) is 0 Å². The SMILES string of the molecule is COC(=O)C[C@@H]1CC[C@@H]2[C@H](COc3ccc(NC(=O)c4ccc(C(F)(F)F)cc4)cc3C(=O)N2C)O1. The number of ether oxygens (including phenoxy) is 3. The standard InChI is InChI=1S/C25H25F3N2O6/c1-30-19-9-8-17(12-22(31)34-2)36-21(19)13-35-20-10-7-16(11-18(20)24(30)33)29-23(32)14-3-5-15(6-4-14)25(26,27)28/h3-7,10-11,17,19,21H,8-9,12-13H2,1-2H3,(H,29,32)/t17-,19+,21-/m0/s1. The Morgan fingerprint density at radius 2 is 1.86 bits per heavy atom. The van der Waals surface area contributed by atoms with Gasteiger partial charge in [0.25, 0.3) is 11.8 Å². The summed E-state index contributed by atoms with van der Waals surface area (Å²) in [6, 6.07) is 8.12. The molecule has 2 heterocycles. The number of likely N-dealkylation sites (N-methyl/N-ethyl adjacent to an activating group) is 1. The highest BCUT2D eigenvalue weighted by Gasteiger charge is 2.39. The Labute approximate surface area is 205 Å². The number of methoxy groups -OCH3 is 1. The van der Waals surface area contributed by atoms with Gasteiger partial charge in [-0.25, -0.2) is 0 Å². The Morgan fingerprint density at radius 3 is 2.53 bits per heavy atom. The molecule has 0 bridgehead atoms. The van der Waals surface area contributed by atoms with Crippen LogP contribution >= 0.6 is 0 Å². The quantitative estimate of drug-likeness (QED) is 0.633. The number of carbonyl (C=O) groups is 3. The summed E-state index contributed by atoms with van der Waals surface area (Å²) in [5.74, 6) is -1.02. The molecule has 0 unspecified atom stereocenters. The van der Waals surface area contributed by atoms with Crippen LogP contribution in [0.25, 0.3) is 0 Å². The lowest BCUT2D eigenvalue weighted by Crippen LogP contribution is -2.53. The number of carbonyl (C=O) groups excluding carboxylic acids is 3. The van der Waals surface area contributed by atoms with E-state index in [1.54, 1.807) is 18.0 Å². The molecule has 2 aromatic rings. The molecule has 4 rings (SSSR count). The number of rotatable bonds is 4. The van der Waals surface area contributed by atoms with Gasteiger partial charge in [0.05, 0.1) is 36.8 Å². The number of anilines is 1. The number of alkyl halides is 3. The highest BCUT2D eigenvalue weighted by atomic mass is 19.4. The lowest BCUT2D eigenvalue weighted by Gasteiger charge is -2.42. The van der Waals surface area contributed by atoms with Crippen molar-refractivity contribution in [3.05, 3.63) is 59.2 Å². The fourth-order valence-corrected chi connectivity index (χ4v) is 4.39. The molecule has 0 aromatic heterocycles. The van der Waals surface area contributed by atoms with Crippen molar-refractivity contribution in [3.8, 4) is 5.75 Å². The van der Waals surface area contributed by atoms with Crippen molar-refractivity contribution in [2.75, 3.05) is 26.1 Å². The van der Waals surface area contributed by atoms with Gasteiger partial charge in [-0.05, 0) is 55.3 Å². The van der Waals surface area contributed by atoms with E-state index in [4.69, 9.17) is 14.2 Å². The molecule has 3 atom stereocenters. The Kier molecular flexibility index (Phi) is 7.21. The number of esters is 1. The zero-order chi connectivity index (χ0) is 26.0. The Bertz CT molecular complexity index is 1150. The second-order valence-corrected chi connectivity index (χ2v) is 8.69. The summed E-state index contributed by atoms with van der Waals surface area (Å²) in [5.41, 5.74) is -0.289. The zero-order valence-corrected chi connectivity index (χ0v) is 19.6. The Balaban J connectivity index is 1.49. The molecule has 1 fully saturated rings. The summed E-state index contributed by atoms with van der Waals surface area (Å²) >= 11 is 0. The number of benzene rings is 2. The van der Waals surface area contributed by atoms with Crippen molar-refractivity contribution in [1.82, 2.24) is 4.90 Å². The fourth-order valence-electron chi connectivity index (χ4n) is 4.39. The van der Waals surface area contributed by atoms with Gasteiger partial charge in [0, 0.05) is 18.3 Å². The molecule has 0 spiro atoms. The monoisotopic (exact) mass is 506 g/mol. The van der Waals surface area contributed by atoms with Crippen LogP contribution in [-0.2, 0) is 20.4 Å². The van der Waals surface area contributed by atoms with Crippen molar-refractivity contribution >= 4 is 23.5 Å². The molecule has 0 saturated carbocycles. The van der Waals surface area contributed by atoms with Gasteiger partial charge in [0.15, 0.2) is 0 Å². The van der Waals surface area contributed by atoms with Crippen molar-refractivity contribution in [3.63, 3.8) is 0 Å². The average molecular weight is 506 g/mol. The van der Waals surface area contributed by atoms with E-state index in [1.165, 1.54) is 19.2 Å². The van der Waals surface area contributed by atoms with Crippen LogP contribution in [0.15, 0.2) is 42.5 Å². The maximum Gasteiger partial charge on any atom is 0.416 e. The van der Waals surface area contributed by atoms with Crippen LogP contribution in [0.4, 0.5) is 18.9 Å². The van der Waals surface area contributed by atoms with Crippen LogP contribution in [0.2, 0.25) is 0 Å². The van der Waals surface area contributed by atoms with Gasteiger partial charge in [-0.3, -0.25) is 14.4 Å². The highest BCUT2D eigenvalue weighted by Crippen LogP contribution is 2.33. The van der Waals surface area contributed by atoms with Gasteiger partial charge in [-0.2, -0.15) is 13.2 Å². The number of hydrogen-bond acceptors (Lipinski definition) is 6. The fraction of sp³-hybridized carbons (Fsp3) is 0.400. The summed E-state index contributed by atoms with van der Waals surface area (Å²) in [6.07, 6.45) is -3.96. The highest BCUT2D eigenvalue weighted by molar-refractivity contribution is 6.05. The maximum atomic E-state index is 13.3. The molecule has 0 aliphatic carbocycles. The molecule has 36 heavy (non-hydrogen) atoms. The first-order chi connectivity index (χ1) is 17.1. The molecular formula is C25H25F3N2O6. The van der Waals surface area contributed by atoms with Crippen LogP contribution in [-0.4, -0.2) is 61.7 Å². The molecule has 11 heteroatoms. The normalized spacial score (nSPS) is 21.9. The lowest BCUT2D eigenvalue weighted by atomic mass is 9.94. The van der Waals surface area contributed by atoms with Gasteiger partial charge in [0.2, 0.25) is 0 Å². The summed E-state index contributed by atoms with van der Waals surface area (Å²) in [7, 11) is 2.98. The Hall–Kier alpha value is -3.60. The van der Waals surface area contributed by atoms with E-state index in [0.717, 1.165) is 24.3 Å². The van der Waals surface area contributed by atoms with Crippen molar-refractivity contribution in [1.29, 1.82) is 0 Å². The average Bonchev–Trinajstić information content (AvgIpc) is 2.86. The lowest BCUT2D eigenvalue weighted by molar-refractivity contribution is -0.151. The maximum absolute atomic E-state index is 13.3. The smallest absolute Gasteiger partial charge is 0.416 e. The second kappa shape index (κ2) is 10.2. The summed E-state index contributed by atoms with van der Waals surface area (Å²) in [4.78, 5) is 39.0. The number of nitrogens with zero attached hydrogens (tertiary/aromatic N) is 1. The van der Waals surface area contributed by atoms with E-state index in [2.05, 4.69) is 5.32 Å². The third kappa shape index (κ3) is 5.46. The molecule has 2 aromatic carbocycles. The van der Waals surface area contributed by atoms with Crippen LogP contribution in [0, 0.1) is 0 Å². The molecule has 2 aliphatic rings. The van der Waals surface area contributed by atoms with Gasteiger partial charge >= 0.3 is 12.1 Å². The number of nitrogens with one attached hydrogen (secondary N) is 1. The van der Waals surface area contributed by atoms with Crippen LogP contribution in [0.1, 0.15) is 45.5 Å². The molecule has 2 aliphatic heterocycles. The number of halogens is 3. The minimum Gasteiger partial charge on any atom is -0.490 e. The van der Waals surface area contributed by atoms with E-state index < -0.39 is 23.8 Å². The first-order valence-corrected chi connectivity index (χ1v) is 11.3. The van der Waals surface area contributed by atoms with Gasteiger partial charge in [-0.15, -0.1) is 0 Å². The second-order valence-electron chi connectivity index (χ2n) is 8.69. The molecular weight excluding hydrogens is 481 g/mol. The van der Waals surface area contributed by atoms with Crippen molar-refractivity contribution in [2.45, 2.75) is 43.7 Å². The van der Waals surface area contributed by atoms with Crippen LogP contribution < -0.4 is 10.1 Å². The third-order valence-electron chi connectivity index (χ3n) is 6.37. The summed E-state index contributed by atoms with van der Waals surface area (Å²) < 4.78 is 54.9. The molecule has 8 nitrogen and oxygen atoms in total. The predicted octanol–water partition coefficient (Wildman–Crippen LogP) is 3.90. The topological polar surface area (TPSA) is 94.2 Å². The van der Waals surface area contributed by atoms with E-state index in [1.807, 2.05) is 0 Å². The molecule has 1 N–H and O–H groups in total. The third-order valence-corrected chi connectivity index (χ3v) is 6.37. The number of fused-ring (bicyclic) bond motifs is 2. The van der Waals surface area contributed by atoms with Crippen molar-refractivity contribution < 1.29 is 41.8 Å². The first kappa shape index (κ1) is 25.5. The van der Waals surface area contributed by atoms with Gasteiger partial charge in [-0.1, -0.05) is 0 Å². The van der Waals surface area contributed by atoms with E-state index in [9.17, 15) is 27.6 Å². The van der Waals surface area contributed by atoms with E-state index in [0.29, 0.717) is 24.3 Å². The minimum absolute atomic E-state index is 0.0399. The number of amides is 2.